The van der Waals surface area contributed by atoms with E-state index < -0.39 is 5.91 Å². The van der Waals surface area contributed by atoms with Crippen molar-refractivity contribution in [3.8, 4) is 5.75 Å². The highest BCUT2D eigenvalue weighted by Crippen LogP contribution is 2.35. The molecular weight excluding hydrogens is 378 g/mol. The SMILES string of the molecule is COc1ccc2c(c1)cc(C(=O)N1Cc3sc(C(=O)NO)cc3C(C)C1)n2C. The number of fused-ring (bicyclic) bond motifs is 2. The summed E-state index contributed by atoms with van der Waals surface area (Å²) in [4.78, 5) is 28.2. The van der Waals surface area contributed by atoms with Crippen LogP contribution in [0.1, 0.15) is 43.4 Å². The van der Waals surface area contributed by atoms with Crippen molar-refractivity contribution < 1.29 is 19.5 Å². The van der Waals surface area contributed by atoms with Crippen molar-refractivity contribution in [3.05, 3.63) is 51.3 Å². The summed E-state index contributed by atoms with van der Waals surface area (Å²) in [6, 6.07) is 9.44. The van der Waals surface area contributed by atoms with Crippen molar-refractivity contribution in [3.63, 3.8) is 0 Å². The number of methoxy groups -OCH3 is 1. The van der Waals surface area contributed by atoms with Crippen LogP contribution in [0.2, 0.25) is 0 Å². The first kappa shape index (κ1) is 18.5. The predicted octanol–water partition coefficient (Wildman–Crippen LogP) is 3.13. The second-order valence-corrected chi connectivity index (χ2v) is 8.17. The van der Waals surface area contributed by atoms with Crippen LogP contribution in [-0.4, -0.2) is 40.1 Å². The van der Waals surface area contributed by atoms with E-state index in [0.29, 0.717) is 23.7 Å². The lowest BCUT2D eigenvalue weighted by Crippen LogP contribution is -2.37. The fourth-order valence-electron chi connectivity index (χ4n) is 3.79. The summed E-state index contributed by atoms with van der Waals surface area (Å²) in [5.41, 5.74) is 4.32. The first-order valence-corrected chi connectivity index (χ1v) is 9.74. The van der Waals surface area contributed by atoms with E-state index in [-0.39, 0.29) is 11.8 Å². The van der Waals surface area contributed by atoms with Crippen LogP contribution in [0.5, 0.6) is 5.75 Å². The van der Waals surface area contributed by atoms with Gasteiger partial charge in [0.25, 0.3) is 11.8 Å². The van der Waals surface area contributed by atoms with Crippen molar-refractivity contribution in [1.29, 1.82) is 0 Å². The van der Waals surface area contributed by atoms with Crippen LogP contribution in [0.4, 0.5) is 0 Å². The van der Waals surface area contributed by atoms with Gasteiger partial charge in [-0.05, 0) is 41.8 Å². The molecule has 1 unspecified atom stereocenters. The van der Waals surface area contributed by atoms with E-state index in [9.17, 15) is 9.59 Å². The zero-order valence-corrected chi connectivity index (χ0v) is 16.7. The number of nitrogens with one attached hydrogen (secondary N) is 1. The molecule has 7 nitrogen and oxygen atoms in total. The highest BCUT2D eigenvalue weighted by Gasteiger charge is 2.30. The number of hydrogen-bond donors (Lipinski definition) is 2. The molecule has 2 aromatic heterocycles. The van der Waals surface area contributed by atoms with Crippen LogP contribution in [0.25, 0.3) is 10.9 Å². The average Bonchev–Trinajstić information content (AvgIpc) is 3.28. The van der Waals surface area contributed by atoms with Crippen molar-refractivity contribution in [1.82, 2.24) is 14.9 Å². The number of nitrogens with zero attached hydrogens (tertiary/aromatic N) is 2. The Kier molecular flexibility index (Phi) is 4.60. The van der Waals surface area contributed by atoms with E-state index >= 15 is 0 Å². The molecule has 0 radical (unpaired) electrons. The molecular formula is C20H21N3O4S. The van der Waals surface area contributed by atoms with Gasteiger partial charge in [0, 0.05) is 29.4 Å². The summed E-state index contributed by atoms with van der Waals surface area (Å²) >= 11 is 1.31. The molecule has 28 heavy (non-hydrogen) atoms. The van der Waals surface area contributed by atoms with Crippen LogP contribution in [0.15, 0.2) is 30.3 Å². The molecule has 2 amide bonds. The number of ether oxygens (including phenoxy) is 1. The molecule has 146 valence electrons. The normalized spacial score (nSPS) is 16.1. The van der Waals surface area contributed by atoms with Gasteiger partial charge in [0.1, 0.15) is 11.4 Å². The molecule has 2 N–H and O–H groups in total. The maximum absolute atomic E-state index is 13.3. The van der Waals surface area contributed by atoms with Crippen LogP contribution < -0.4 is 10.2 Å². The fraction of sp³-hybridized carbons (Fsp3) is 0.300. The molecule has 3 heterocycles. The maximum Gasteiger partial charge on any atom is 0.284 e. The molecule has 0 fully saturated rings. The standard InChI is InChI=1S/C20H21N3O4S/c1-11-9-23(10-18-14(11)8-17(28-18)19(24)21-26)20(25)16-7-12-6-13(27-3)4-5-15(12)22(16)2/h4-8,11,26H,9-10H2,1-3H3,(H,21,24). The first-order chi connectivity index (χ1) is 13.4. The molecule has 4 rings (SSSR count). The quantitative estimate of drug-likeness (QED) is 0.524. The third-order valence-corrected chi connectivity index (χ3v) is 6.42. The minimum atomic E-state index is -0.521. The fourth-order valence-corrected chi connectivity index (χ4v) is 4.98. The minimum Gasteiger partial charge on any atom is -0.497 e. The third kappa shape index (κ3) is 2.94. The number of amides is 2. The number of rotatable bonds is 3. The zero-order chi connectivity index (χ0) is 20.0. The lowest BCUT2D eigenvalue weighted by atomic mass is 9.96. The number of carbonyl (C=O) groups excluding carboxylic acids is 2. The van der Waals surface area contributed by atoms with Gasteiger partial charge < -0.3 is 14.2 Å². The summed E-state index contributed by atoms with van der Waals surface area (Å²) in [5.74, 6) is 0.296. The smallest absolute Gasteiger partial charge is 0.284 e. The van der Waals surface area contributed by atoms with Gasteiger partial charge in [-0.25, -0.2) is 5.48 Å². The summed E-state index contributed by atoms with van der Waals surface area (Å²) in [7, 11) is 3.50. The second kappa shape index (κ2) is 6.96. The van der Waals surface area contributed by atoms with Gasteiger partial charge in [0.15, 0.2) is 0 Å². The third-order valence-electron chi connectivity index (χ3n) is 5.28. The Labute approximate surface area is 166 Å². The van der Waals surface area contributed by atoms with Crippen molar-refractivity contribution in [2.75, 3.05) is 13.7 Å². The highest BCUT2D eigenvalue weighted by molar-refractivity contribution is 7.14. The van der Waals surface area contributed by atoms with Crippen molar-refractivity contribution >= 4 is 34.1 Å². The molecule has 1 aliphatic rings. The number of aryl methyl sites for hydroxylation is 1. The second-order valence-electron chi connectivity index (χ2n) is 7.03. The van der Waals surface area contributed by atoms with Gasteiger partial charge in [-0.3, -0.25) is 14.8 Å². The van der Waals surface area contributed by atoms with Crippen LogP contribution >= 0.6 is 11.3 Å². The first-order valence-electron chi connectivity index (χ1n) is 8.92. The average molecular weight is 399 g/mol. The number of carbonyl (C=O) groups is 2. The van der Waals surface area contributed by atoms with E-state index in [0.717, 1.165) is 27.1 Å². The Hall–Kier alpha value is -2.84. The molecule has 0 saturated carbocycles. The van der Waals surface area contributed by atoms with Crippen LogP contribution in [0.3, 0.4) is 0 Å². The van der Waals surface area contributed by atoms with E-state index in [4.69, 9.17) is 9.94 Å². The number of hydroxylamine groups is 1. The number of thiophene rings is 1. The van der Waals surface area contributed by atoms with E-state index in [1.54, 1.807) is 18.7 Å². The molecule has 1 aliphatic heterocycles. The molecule has 0 spiro atoms. The highest BCUT2D eigenvalue weighted by atomic mass is 32.1. The number of hydrogen-bond acceptors (Lipinski definition) is 5. The van der Waals surface area contributed by atoms with E-state index in [1.165, 1.54) is 11.3 Å². The molecule has 0 bridgehead atoms. The lowest BCUT2D eigenvalue weighted by Gasteiger charge is -2.31. The molecule has 0 saturated heterocycles. The molecule has 1 atom stereocenters. The van der Waals surface area contributed by atoms with E-state index in [2.05, 4.69) is 0 Å². The van der Waals surface area contributed by atoms with Gasteiger partial charge in [-0.2, -0.15) is 0 Å². The Morgan fingerprint density at radius 3 is 2.79 bits per heavy atom. The Balaban J connectivity index is 1.66. The molecule has 3 aromatic rings. The summed E-state index contributed by atoms with van der Waals surface area (Å²) < 4.78 is 7.18. The zero-order valence-electron chi connectivity index (χ0n) is 15.9. The molecule has 0 aliphatic carbocycles. The van der Waals surface area contributed by atoms with Gasteiger partial charge in [0.05, 0.1) is 18.5 Å². The maximum atomic E-state index is 13.3. The van der Waals surface area contributed by atoms with Crippen molar-refractivity contribution in [2.45, 2.75) is 19.4 Å². The Bertz CT molecular complexity index is 1080. The topological polar surface area (TPSA) is 83.8 Å². The van der Waals surface area contributed by atoms with Crippen molar-refractivity contribution in [2.24, 2.45) is 7.05 Å². The number of benzene rings is 1. The molecule has 1 aromatic carbocycles. The predicted molar refractivity (Wildman–Crippen MR) is 106 cm³/mol. The monoisotopic (exact) mass is 399 g/mol. The Morgan fingerprint density at radius 2 is 2.07 bits per heavy atom. The minimum absolute atomic E-state index is 0.0447. The summed E-state index contributed by atoms with van der Waals surface area (Å²) in [6.07, 6.45) is 0. The van der Waals surface area contributed by atoms with Gasteiger partial charge >= 0.3 is 0 Å². The van der Waals surface area contributed by atoms with Crippen LogP contribution in [0, 0.1) is 0 Å². The van der Waals surface area contributed by atoms with Gasteiger partial charge in [0.2, 0.25) is 0 Å². The summed E-state index contributed by atoms with van der Waals surface area (Å²) in [6.45, 7) is 3.07. The lowest BCUT2D eigenvalue weighted by molar-refractivity contribution is 0.0705. The molecule has 8 heteroatoms. The number of aromatic nitrogens is 1. The van der Waals surface area contributed by atoms with Gasteiger partial charge in [-0.15, -0.1) is 11.3 Å². The van der Waals surface area contributed by atoms with Gasteiger partial charge in [-0.1, -0.05) is 6.92 Å². The summed E-state index contributed by atoms with van der Waals surface area (Å²) in [5, 5.41) is 9.82. The largest absolute Gasteiger partial charge is 0.497 e. The Morgan fingerprint density at radius 1 is 1.29 bits per heavy atom. The van der Waals surface area contributed by atoms with E-state index in [1.807, 2.05) is 47.7 Å². The van der Waals surface area contributed by atoms with Crippen LogP contribution in [-0.2, 0) is 13.6 Å².